The first kappa shape index (κ1) is 17.9. The van der Waals surface area contributed by atoms with Crippen LogP contribution in [0.5, 0.6) is 5.75 Å². The van der Waals surface area contributed by atoms with Crippen LogP contribution in [0.2, 0.25) is 0 Å². The van der Waals surface area contributed by atoms with Gasteiger partial charge in [0.1, 0.15) is 18.5 Å². The molecule has 1 aromatic heterocycles. The standard InChI is InChI=1S/C20H27N3O2/c1-17-3-2-4-20(13-17)25-16-19(24)15-23-11-9-22(10-12-23)14-18-5-7-21-8-6-18/h2-8,13,19,24H,9-12,14-16H2,1H3. The van der Waals surface area contributed by atoms with Crippen molar-refractivity contribution in [3.8, 4) is 5.75 Å². The van der Waals surface area contributed by atoms with Crippen LogP contribution in [0, 0.1) is 6.92 Å². The van der Waals surface area contributed by atoms with E-state index in [4.69, 9.17) is 4.74 Å². The first-order valence-electron chi connectivity index (χ1n) is 8.90. The third kappa shape index (κ3) is 5.81. The summed E-state index contributed by atoms with van der Waals surface area (Å²) in [7, 11) is 0. The molecule has 2 aromatic rings. The van der Waals surface area contributed by atoms with E-state index < -0.39 is 6.10 Å². The van der Waals surface area contributed by atoms with Gasteiger partial charge in [-0.3, -0.25) is 14.8 Å². The van der Waals surface area contributed by atoms with Crippen LogP contribution in [0.25, 0.3) is 0 Å². The van der Waals surface area contributed by atoms with Gasteiger partial charge in [0, 0.05) is 51.7 Å². The molecule has 0 amide bonds. The Morgan fingerprint density at radius 2 is 1.80 bits per heavy atom. The predicted octanol–water partition coefficient (Wildman–Crippen LogP) is 1.95. The molecular weight excluding hydrogens is 314 g/mol. The normalized spacial score (nSPS) is 17.4. The zero-order valence-corrected chi connectivity index (χ0v) is 14.8. The van der Waals surface area contributed by atoms with Crippen molar-refractivity contribution >= 4 is 0 Å². The highest BCUT2D eigenvalue weighted by molar-refractivity contribution is 5.27. The van der Waals surface area contributed by atoms with Crippen LogP contribution in [0.1, 0.15) is 11.1 Å². The van der Waals surface area contributed by atoms with Gasteiger partial charge in [0.2, 0.25) is 0 Å². The van der Waals surface area contributed by atoms with E-state index in [1.807, 2.05) is 43.6 Å². The molecule has 1 atom stereocenters. The molecule has 1 aliphatic heterocycles. The Labute approximate surface area is 149 Å². The molecule has 0 radical (unpaired) electrons. The van der Waals surface area contributed by atoms with Gasteiger partial charge in [-0.25, -0.2) is 0 Å². The molecule has 0 bridgehead atoms. The summed E-state index contributed by atoms with van der Waals surface area (Å²) >= 11 is 0. The van der Waals surface area contributed by atoms with E-state index in [2.05, 4.69) is 26.9 Å². The highest BCUT2D eigenvalue weighted by Gasteiger charge is 2.19. The van der Waals surface area contributed by atoms with E-state index in [-0.39, 0.29) is 0 Å². The minimum absolute atomic E-state index is 0.334. The highest BCUT2D eigenvalue weighted by Crippen LogP contribution is 2.13. The first-order chi connectivity index (χ1) is 12.2. The number of rotatable bonds is 7. The molecule has 0 saturated carbocycles. The lowest BCUT2D eigenvalue weighted by Gasteiger charge is -2.35. The van der Waals surface area contributed by atoms with Crippen molar-refractivity contribution in [2.75, 3.05) is 39.3 Å². The summed E-state index contributed by atoms with van der Waals surface area (Å²) in [5.74, 6) is 0.821. The molecule has 5 nitrogen and oxygen atoms in total. The Balaban J connectivity index is 1.37. The largest absolute Gasteiger partial charge is 0.491 e. The van der Waals surface area contributed by atoms with Gasteiger partial charge in [0.05, 0.1) is 0 Å². The molecule has 1 unspecified atom stereocenters. The van der Waals surface area contributed by atoms with Crippen LogP contribution in [-0.4, -0.2) is 65.3 Å². The Morgan fingerprint density at radius 1 is 1.08 bits per heavy atom. The monoisotopic (exact) mass is 341 g/mol. The summed E-state index contributed by atoms with van der Waals surface area (Å²) in [6.07, 6.45) is 3.22. The smallest absolute Gasteiger partial charge is 0.119 e. The number of benzene rings is 1. The number of aliphatic hydroxyl groups excluding tert-OH is 1. The number of β-amino-alcohol motifs (C(OH)–C–C–N with tert-alkyl or cyclic N) is 1. The Morgan fingerprint density at radius 3 is 2.52 bits per heavy atom. The summed E-state index contributed by atoms with van der Waals surface area (Å²) in [5, 5.41) is 10.2. The quantitative estimate of drug-likeness (QED) is 0.834. The maximum atomic E-state index is 10.2. The van der Waals surface area contributed by atoms with E-state index in [1.165, 1.54) is 5.56 Å². The molecular formula is C20H27N3O2. The maximum Gasteiger partial charge on any atom is 0.119 e. The van der Waals surface area contributed by atoms with Crippen LogP contribution in [0.4, 0.5) is 0 Å². The van der Waals surface area contributed by atoms with E-state index in [1.54, 1.807) is 0 Å². The third-order valence-electron chi connectivity index (χ3n) is 4.52. The van der Waals surface area contributed by atoms with Crippen molar-refractivity contribution in [1.82, 2.24) is 14.8 Å². The lowest BCUT2D eigenvalue weighted by Crippen LogP contribution is -2.48. The van der Waals surface area contributed by atoms with E-state index in [0.717, 1.165) is 44.0 Å². The van der Waals surface area contributed by atoms with Crippen LogP contribution in [0.15, 0.2) is 48.8 Å². The van der Waals surface area contributed by atoms with Gasteiger partial charge >= 0.3 is 0 Å². The zero-order valence-electron chi connectivity index (χ0n) is 14.8. The molecule has 25 heavy (non-hydrogen) atoms. The molecule has 0 aliphatic carbocycles. The number of pyridine rings is 1. The average Bonchev–Trinajstić information content (AvgIpc) is 2.63. The number of nitrogens with zero attached hydrogens (tertiary/aromatic N) is 3. The number of ether oxygens (including phenoxy) is 1. The lowest BCUT2D eigenvalue weighted by atomic mass is 10.2. The van der Waals surface area contributed by atoms with E-state index in [0.29, 0.717) is 13.2 Å². The first-order valence-corrected chi connectivity index (χ1v) is 8.90. The van der Waals surface area contributed by atoms with Crippen LogP contribution in [-0.2, 0) is 6.54 Å². The number of aryl methyl sites for hydroxylation is 1. The SMILES string of the molecule is Cc1cccc(OCC(O)CN2CCN(Cc3ccncc3)CC2)c1. The van der Waals surface area contributed by atoms with E-state index in [9.17, 15) is 5.11 Å². The predicted molar refractivity (Wildman–Crippen MR) is 98.6 cm³/mol. The molecule has 134 valence electrons. The van der Waals surface area contributed by atoms with Crippen LogP contribution in [0.3, 0.4) is 0 Å². The fourth-order valence-electron chi connectivity index (χ4n) is 3.12. The third-order valence-corrected chi connectivity index (χ3v) is 4.52. The summed E-state index contributed by atoms with van der Waals surface area (Å²) < 4.78 is 5.70. The molecule has 1 N–H and O–H groups in total. The number of piperazine rings is 1. The van der Waals surface area contributed by atoms with Gasteiger partial charge in [0.15, 0.2) is 0 Å². The number of aliphatic hydroxyl groups is 1. The van der Waals surface area contributed by atoms with Crippen molar-refractivity contribution in [3.63, 3.8) is 0 Å². The fraction of sp³-hybridized carbons (Fsp3) is 0.450. The summed E-state index contributed by atoms with van der Waals surface area (Å²) in [5.41, 5.74) is 2.47. The van der Waals surface area contributed by atoms with Crippen molar-refractivity contribution in [3.05, 3.63) is 59.9 Å². The second kappa shape index (κ2) is 8.94. The summed E-state index contributed by atoms with van der Waals surface area (Å²) in [4.78, 5) is 8.82. The van der Waals surface area contributed by atoms with Gasteiger partial charge in [-0.15, -0.1) is 0 Å². The molecule has 1 aliphatic rings. The van der Waals surface area contributed by atoms with Gasteiger partial charge in [-0.05, 0) is 42.3 Å². The number of aromatic nitrogens is 1. The Kier molecular flexibility index (Phi) is 6.39. The van der Waals surface area contributed by atoms with Crippen molar-refractivity contribution in [2.24, 2.45) is 0 Å². The highest BCUT2D eigenvalue weighted by atomic mass is 16.5. The van der Waals surface area contributed by atoms with E-state index >= 15 is 0 Å². The molecule has 3 rings (SSSR count). The minimum atomic E-state index is -0.466. The van der Waals surface area contributed by atoms with Crippen molar-refractivity contribution in [2.45, 2.75) is 19.6 Å². The molecule has 1 aromatic carbocycles. The molecule has 1 saturated heterocycles. The summed E-state index contributed by atoms with van der Waals surface area (Å²) in [6, 6.07) is 12.1. The minimum Gasteiger partial charge on any atom is -0.491 e. The topological polar surface area (TPSA) is 48.8 Å². The average molecular weight is 341 g/mol. The molecule has 5 heteroatoms. The zero-order chi connectivity index (χ0) is 17.5. The number of hydrogen-bond acceptors (Lipinski definition) is 5. The fourth-order valence-corrected chi connectivity index (χ4v) is 3.12. The second-order valence-corrected chi connectivity index (χ2v) is 6.71. The molecule has 2 heterocycles. The van der Waals surface area contributed by atoms with Gasteiger partial charge in [-0.1, -0.05) is 12.1 Å². The summed E-state index contributed by atoms with van der Waals surface area (Å²) in [6.45, 7) is 8.00. The number of hydrogen-bond donors (Lipinski definition) is 1. The lowest BCUT2D eigenvalue weighted by molar-refractivity contribution is 0.0446. The van der Waals surface area contributed by atoms with Gasteiger partial charge in [0.25, 0.3) is 0 Å². The Hall–Kier alpha value is -1.95. The van der Waals surface area contributed by atoms with Crippen molar-refractivity contribution < 1.29 is 9.84 Å². The van der Waals surface area contributed by atoms with Crippen LogP contribution < -0.4 is 4.74 Å². The van der Waals surface area contributed by atoms with Crippen LogP contribution >= 0.6 is 0 Å². The van der Waals surface area contributed by atoms with Gasteiger partial charge in [-0.2, -0.15) is 0 Å². The maximum absolute atomic E-state index is 10.2. The van der Waals surface area contributed by atoms with Crippen molar-refractivity contribution in [1.29, 1.82) is 0 Å². The molecule has 1 fully saturated rings. The molecule has 0 spiro atoms. The second-order valence-electron chi connectivity index (χ2n) is 6.71. The Bertz CT molecular complexity index is 642. The van der Waals surface area contributed by atoms with Gasteiger partial charge < -0.3 is 9.84 Å².